The molecule has 0 aliphatic rings. The fourth-order valence-electron chi connectivity index (χ4n) is 0.806. The number of ketones is 1. The van der Waals surface area contributed by atoms with Gasteiger partial charge in [-0.2, -0.15) is 0 Å². The Balaban J connectivity index is 3.97. The Kier molecular flexibility index (Phi) is 5.82. The third kappa shape index (κ3) is 5.30. The fourth-order valence-corrected chi connectivity index (χ4v) is 0.806. The van der Waals surface area contributed by atoms with Crippen molar-refractivity contribution >= 4 is 18.0 Å². The van der Waals surface area contributed by atoms with Crippen molar-refractivity contribution in [2.45, 2.75) is 40.0 Å². The molecule has 0 rings (SSSR count). The highest BCUT2D eigenvalue weighted by Crippen LogP contribution is 2.15. The Morgan fingerprint density at radius 1 is 1.33 bits per heavy atom. The maximum Gasteiger partial charge on any atom is 0.313 e. The summed E-state index contributed by atoms with van der Waals surface area (Å²) in [5.74, 6) is -0.956. The van der Waals surface area contributed by atoms with E-state index in [4.69, 9.17) is 4.74 Å². The van der Waals surface area contributed by atoms with E-state index >= 15 is 0 Å². The summed E-state index contributed by atoms with van der Waals surface area (Å²) >= 11 is 0. The van der Waals surface area contributed by atoms with Crippen LogP contribution in [0.25, 0.3) is 0 Å². The van der Waals surface area contributed by atoms with Crippen LogP contribution in [0.1, 0.15) is 40.0 Å². The summed E-state index contributed by atoms with van der Waals surface area (Å²) in [6, 6.07) is 0. The van der Waals surface area contributed by atoms with E-state index in [1.807, 2.05) is 6.92 Å². The molecule has 4 heteroatoms. The molecule has 0 radical (unpaired) electrons. The average Bonchev–Trinajstić information content (AvgIpc) is 2.18. The molecule has 0 saturated heterocycles. The van der Waals surface area contributed by atoms with E-state index < -0.39 is 17.2 Å². The third-order valence-corrected chi connectivity index (χ3v) is 2.08. The molecular weight excluding hydrogens is 196 g/mol. The van der Waals surface area contributed by atoms with Gasteiger partial charge in [0.15, 0.2) is 5.78 Å². The number of Topliss-reactive ketones (excluding diaryl/α,β-unsaturated/α-hetero) is 1. The van der Waals surface area contributed by atoms with Crippen molar-refractivity contribution in [2.75, 3.05) is 6.61 Å². The SMILES string of the molecule is CCCCOC(=O)CC(=O)C(C)(C)C=O. The molecule has 0 heterocycles. The van der Waals surface area contributed by atoms with Gasteiger partial charge in [-0.15, -0.1) is 0 Å². The van der Waals surface area contributed by atoms with Gasteiger partial charge in [0, 0.05) is 0 Å². The minimum absolute atomic E-state index is 0.324. The van der Waals surface area contributed by atoms with Crippen LogP contribution in [-0.4, -0.2) is 24.6 Å². The quantitative estimate of drug-likeness (QED) is 0.279. The van der Waals surface area contributed by atoms with E-state index in [-0.39, 0.29) is 6.42 Å². The van der Waals surface area contributed by atoms with Crippen molar-refractivity contribution in [3.8, 4) is 0 Å². The molecule has 0 aliphatic heterocycles. The second kappa shape index (κ2) is 6.32. The van der Waals surface area contributed by atoms with Crippen LogP contribution in [0.3, 0.4) is 0 Å². The molecule has 0 atom stereocenters. The van der Waals surface area contributed by atoms with Crippen molar-refractivity contribution in [3.63, 3.8) is 0 Å². The number of unbranched alkanes of at least 4 members (excludes halogenated alkanes) is 1. The number of carbonyl (C=O) groups is 3. The van der Waals surface area contributed by atoms with Crippen LogP contribution in [0.2, 0.25) is 0 Å². The maximum atomic E-state index is 11.4. The lowest BCUT2D eigenvalue weighted by Crippen LogP contribution is -2.28. The number of rotatable bonds is 7. The van der Waals surface area contributed by atoms with Crippen molar-refractivity contribution in [3.05, 3.63) is 0 Å². The van der Waals surface area contributed by atoms with Crippen molar-refractivity contribution in [1.29, 1.82) is 0 Å². The Hall–Kier alpha value is -1.19. The highest BCUT2D eigenvalue weighted by molar-refractivity contribution is 6.05. The largest absolute Gasteiger partial charge is 0.465 e. The summed E-state index contributed by atoms with van der Waals surface area (Å²) in [5.41, 5.74) is -1.09. The first-order valence-electron chi connectivity index (χ1n) is 5.09. The summed E-state index contributed by atoms with van der Waals surface area (Å²) in [6.07, 6.45) is 1.95. The third-order valence-electron chi connectivity index (χ3n) is 2.08. The molecule has 0 aromatic carbocycles. The molecule has 0 fully saturated rings. The molecule has 15 heavy (non-hydrogen) atoms. The smallest absolute Gasteiger partial charge is 0.313 e. The summed E-state index contributed by atoms with van der Waals surface area (Å²) in [6.45, 7) is 5.29. The van der Waals surface area contributed by atoms with Gasteiger partial charge in [-0.1, -0.05) is 13.3 Å². The molecule has 0 unspecified atom stereocenters. The first-order valence-corrected chi connectivity index (χ1v) is 5.09. The van der Waals surface area contributed by atoms with Crippen molar-refractivity contribution < 1.29 is 19.1 Å². The van der Waals surface area contributed by atoms with E-state index in [0.717, 1.165) is 12.8 Å². The van der Waals surface area contributed by atoms with E-state index in [2.05, 4.69) is 0 Å². The lowest BCUT2D eigenvalue weighted by atomic mass is 9.88. The van der Waals surface area contributed by atoms with Gasteiger partial charge in [-0.3, -0.25) is 9.59 Å². The summed E-state index contributed by atoms with van der Waals surface area (Å²) < 4.78 is 4.82. The van der Waals surface area contributed by atoms with Crippen molar-refractivity contribution in [2.24, 2.45) is 5.41 Å². The molecule has 0 bridgehead atoms. The van der Waals surface area contributed by atoms with Crippen LogP contribution in [0.5, 0.6) is 0 Å². The lowest BCUT2D eigenvalue weighted by molar-refractivity contribution is -0.148. The minimum atomic E-state index is -1.09. The predicted molar refractivity (Wildman–Crippen MR) is 55.3 cm³/mol. The molecule has 4 nitrogen and oxygen atoms in total. The molecule has 86 valence electrons. The van der Waals surface area contributed by atoms with Gasteiger partial charge in [-0.25, -0.2) is 0 Å². The monoisotopic (exact) mass is 214 g/mol. The van der Waals surface area contributed by atoms with Gasteiger partial charge in [-0.05, 0) is 20.3 Å². The van der Waals surface area contributed by atoms with E-state index in [0.29, 0.717) is 12.9 Å². The molecule has 0 N–H and O–H groups in total. The highest BCUT2D eigenvalue weighted by atomic mass is 16.5. The zero-order valence-electron chi connectivity index (χ0n) is 9.54. The predicted octanol–water partition coefficient (Wildman–Crippen LogP) is 1.51. The Morgan fingerprint density at radius 2 is 1.93 bits per heavy atom. The van der Waals surface area contributed by atoms with Crippen LogP contribution in [0.4, 0.5) is 0 Å². The van der Waals surface area contributed by atoms with Crippen LogP contribution in [0.15, 0.2) is 0 Å². The number of hydrogen-bond donors (Lipinski definition) is 0. The van der Waals surface area contributed by atoms with Gasteiger partial charge < -0.3 is 9.53 Å². The molecule has 0 spiro atoms. The Labute approximate surface area is 90.0 Å². The zero-order valence-corrected chi connectivity index (χ0v) is 9.54. The van der Waals surface area contributed by atoms with Gasteiger partial charge >= 0.3 is 5.97 Å². The lowest BCUT2D eigenvalue weighted by Gasteiger charge is -2.14. The van der Waals surface area contributed by atoms with Gasteiger partial charge in [0.25, 0.3) is 0 Å². The standard InChI is InChI=1S/C11H18O4/c1-4-5-6-15-10(14)7-9(13)11(2,3)8-12/h8H,4-7H2,1-3H3. The molecule has 0 aliphatic carbocycles. The maximum absolute atomic E-state index is 11.4. The second-order valence-corrected chi connectivity index (χ2v) is 4.01. The van der Waals surface area contributed by atoms with Crippen LogP contribution in [0, 0.1) is 5.41 Å². The zero-order chi connectivity index (χ0) is 11.9. The number of aldehydes is 1. The Morgan fingerprint density at radius 3 is 2.40 bits per heavy atom. The van der Waals surface area contributed by atoms with Gasteiger partial charge in [0.2, 0.25) is 0 Å². The van der Waals surface area contributed by atoms with Crippen molar-refractivity contribution in [1.82, 2.24) is 0 Å². The summed E-state index contributed by atoms with van der Waals surface area (Å²) in [7, 11) is 0. The van der Waals surface area contributed by atoms with E-state index in [1.54, 1.807) is 0 Å². The second-order valence-electron chi connectivity index (χ2n) is 4.01. The van der Waals surface area contributed by atoms with Crippen LogP contribution >= 0.6 is 0 Å². The topological polar surface area (TPSA) is 60.4 Å². The molecule has 0 aromatic heterocycles. The number of carbonyl (C=O) groups excluding carboxylic acids is 3. The van der Waals surface area contributed by atoms with Gasteiger partial charge in [0.05, 0.1) is 12.0 Å². The molecule has 0 amide bonds. The molecule has 0 saturated carbocycles. The highest BCUT2D eigenvalue weighted by Gasteiger charge is 2.28. The Bertz CT molecular complexity index is 243. The first kappa shape index (κ1) is 13.8. The number of ether oxygens (including phenoxy) is 1. The average molecular weight is 214 g/mol. The van der Waals surface area contributed by atoms with E-state index in [9.17, 15) is 14.4 Å². The molecular formula is C11H18O4. The molecule has 0 aromatic rings. The van der Waals surface area contributed by atoms with E-state index in [1.165, 1.54) is 13.8 Å². The van der Waals surface area contributed by atoms with Crippen LogP contribution < -0.4 is 0 Å². The van der Waals surface area contributed by atoms with Gasteiger partial charge in [0.1, 0.15) is 12.7 Å². The number of hydrogen-bond acceptors (Lipinski definition) is 4. The normalized spacial score (nSPS) is 10.9. The van der Waals surface area contributed by atoms with Crippen LogP contribution in [-0.2, 0) is 19.1 Å². The minimum Gasteiger partial charge on any atom is -0.465 e. The first-order chi connectivity index (χ1) is 6.94. The fraction of sp³-hybridized carbons (Fsp3) is 0.727. The number of esters is 1. The summed E-state index contributed by atoms with van der Waals surface area (Å²) in [5, 5.41) is 0. The summed E-state index contributed by atoms with van der Waals surface area (Å²) in [4.78, 5) is 33.1.